The minimum atomic E-state index is -0.0799. The van der Waals surface area contributed by atoms with Gasteiger partial charge in [-0.1, -0.05) is 30.3 Å². The zero-order valence-corrected chi connectivity index (χ0v) is 17.9. The molecular formula is C23H30N6O2. The summed E-state index contributed by atoms with van der Waals surface area (Å²) in [4.78, 5) is 41.7. The Hall–Kier alpha value is -2.84. The van der Waals surface area contributed by atoms with Crippen LogP contribution in [0.5, 0.6) is 0 Å². The number of aromatic nitrogens is 2. The van der Waals surface area contributed by atoms with Crippen molar-refractivity contribution in [3.63, 3.8) is 0 Å². The normalized spacial score (nSPS) is 18.6. The third-order valence-corrected chi connectivity index (χ3v) is 5.88. The quantitative estimate of drug-likeness (QED) is 0.468. The monoisotopic (exact) mass is 422 g/mol. The van der Waals surface area contributed by atoms with Crippen molar-refractivity contribution in [2.24, 2.45) is 0 Å². The van der Waals surface area contributed by atoms with Crippen molar-refractivity contribution in [1.82, 2.24) is 24.7 Å². The Labute approximate surface area is 183 Å². The summed E-state index contributed by atoms with van der Waals surface area (Å²) >= 11 is 0. The van der Waals surface area contributed by atoms with Crippen molar-refractivity contribution in [2.45, 2.75) is 19.4 Å². The second kappa shape index (κ2) is 10.5. The van der Waals surface area contributed by atoms with E-state index >= 15 is 0 Å². The van der Waals surface area contributed by atoms with E-state index in [9.17, 15) is 9.59 Å². The van der Waals surface area contributed by atoms with Gasteiger partial charge in [-0.3, -0.25) is 24.3 Å². The molecule has 1 aromatic carbocycles. The largest absolute Gasteiger partial charge is 0.338 e. The van der Waals surface area contributed by atoms with Crippen LogP contribution in [-0.2, 0) is 16.1 Å². The van der Waals surface area contributed by atoms with Crippen LogP contribution < -0.4 is 4.90 Å². The predicted octanol–water partition coefficient (Wildman–Crippen LogP) is 1.25. The summed E-state index contributed by atoms with van der Waals surface area (Å²) in [6.07, 6.45) is 5.38. The van der Waals surface area contributed by atoms with Crippen LogP contribution in [0.4, 0.5) is 5.95 Å². The molecule has 2 fully saturated rings. The van der Waals surface area contributed by atoms with E-state index in [1.54, 1.807) is 12.4 Å². The van der Waals surface area contributed by atoms with Gasteiger partial charge in [0.15, 0.2) is 0 Å². The molecule has 164 valence electrons. The number of unbranched alkanes of at least 4 members (excludes halogenated alkanes) is 1. The molecule has 0 N–H and O–H groups in total. The minimum Gasteiger partial charge on any atom is -0.338 e. The van der Waals surface area contributed by atoms with Crippen molar-refractivity contribution < 1.29 is 9.59 Å². The molecule has 8 heteroatoms. The van der Waals surface area contributed by atoms with Gasteiger partial charge in [0.05, 0.1) is 13.1 Å². The number of carbonyl (C=O) groups is 2. The van der Waals surface area contributed by atoms with Crippen LogP contribution in [-0.4, -0.2) is 88.8 Å². The molecule has 0 spiro atoms. The summed E-state index contributed by atoms with van der Waals surface area (Å²) in [7, 11) is 0. The van der Waals surface area contributed by atoms with Gasteiger partial charge in [-0.05, 0) is 31.0 Å². The lowest BCUT2D eigenvalue weighted by atomic mass is 10.2. The lowest BCUT2D eigenvalue weighted by molar-refractivity contribution is -0.151. The number of piperazine rings is 2. The Morgan fingerprint density at radius 3 is 2.06 bits per heavy atom. The molecule has 1 aromatic heterocycles. The second-order valence-corrected chi connectivity index (χ2v) is 8.15. The summed E-state index contributed by atoms with van der Waals surface area (Å²) in [5, 5.41) is 0. The van der Waals surface area contributed by atoms with Gasteiger partial charge in [0, 0.05) is 51.7 Å². The van der Waals surface area contributed by atoms with Gasteiger partial charge in [-0.2, -0.15) is 0 Å². The van der Waals surface area contributed by atoms with E-state index in [0.29, 0.717) is 26.2 Å². The van der Waals surface area contributed by atoms with Crippen LogP contribution in [0.3, 0.4) is 0 Å². The molecule has 0 bridgehead atoms. The SMILES string of the molecule is O=C1CN(Cc2ccccc2)CC(=O)N1CCCCN1CCN(c2ncccn2)CC1. The van der Waals surface area contributed by atoms with Crippen molar-refractivity contribution in [1.29, 1.82) is 0 Å². The number of hydrogen-bond donors (Lipinski definition) is 0. The van der Waals surface area contributed by atoms with Crippen molar-refractivity contribution in [3.8, 4) is 0 Å². The predicted molar refractivity (Wildman–Crippen MR) is 118 cm³/mol. The number of carbonyl (C=O) groups excluding carboxylic acids is 2. The first-order valence-corrected chi connectivity index (χ1v) is 11.0. The smallest absolute Gasteiger partial charge is 0.243 e. The van der Waals surface area contributed by atoms with Gasteiger partial charge >= 0.3 is 0 Å². The maximum absolute atomic E-state index is 12.5. The Kier molecular flexibility index (Phi) is 7.22. The van der Waals surface area contributed by atoms with Crippen LogP contribution in [0, 0.1) is 0 Å². The Morgan fingerprint density at radius 2 is 1.39 bits per heavy atom. The first-order valence-electron chi connectivity index (χ1n) is 11.0. The fourth-order valence-electron chi connectivity index (χ4n) is 4.18. The highest BCUT2D eigenvalue weighted by Crippen LogP contribution is 2.13. The average molecular weight is 423 g/mol. The molecule has 2 saturated heterocycles. The van der Waals surface area contributed by atoms with Crippen LogP contribution in [0.2, 0.25) is 0 Å². The number of nitrogens with zero attached hydrogens (tertiary/aromatic N) is 6. The Balaban J connectivity index is 1.14. The van der Waals surface area contributed by atoms with Crippen LogP contribution in [0.25, 0.3) is 0 Å². The van der Waals surface area contributed by atoms with Gasteiger partial charge in [0.1, 0.15) is 0 Å². The van der Waals surface area contributed by atoms with E-state index in [2.05, 4.69) is 19.8 Å². The summed E-state index contributed by atoms with van der Waals surface area (Å²) in [5.41, 5.74) is 1.12. The third-order valence-electron chi connectivity index (χ3n) is 5.88. The van der Waals surface area contributed by atoms with E-state index < -0.39 is 0 Å². The topological polar surface area (TPSA) is 72.9 Å². The highest BCUT2D eigenvalue weighted by Gasteiger charge is 2.30. The highest BCUT2D eigenvalue weighted by molar-refractivity contribution is 5.99. The maximum atomic E-state index is 12.5. The molecule has 0 saturated carbocycles. The molecule has 4 rings (SSSR count). The lowest BCUT2D eigenvalue weighted by Gasteiger charge is -2.35. The van der Waals surface area contributed by atoms with Gasteiger partial charge in [0.25, 0.3) is 0 Å². The molecule has 0 radical (unpaired) electrons. The van der Waals surface area contributed by atoms with Crippen molar-refractivity contribution in [3.05, 3.63) is 54.4 Å². The number of rotatable bonds is 8. The first kappa shape index (κ1) is 21.4. The van der Waals surface area contributed by atoms with Gasteiger partial charge in [0.2, 0.25) is 17.8 Å². The van der Waals surface area contributed by atoms with Gasteiger partial charge in [-0.25, -0.2) is 9.97 Å². The number of anilines is 1. The van der Waals surface area contributed by atoms with E-state index in [-0.39, 0.29) is 11.8 Å². The third kappa shape index (κ3) is 5.86. The molecule has 2 aromatic rings. The first-order chi connectivity index (χ1) is 15.2. The number of benzene rings is 1. The van der Waals surface area contributed by atoms with Gasteiger partial charge in [-0.15, -0.1) is 0 Å². The molecule has 8 nitrogen and oxygen atoms in total. The summed E-state index contributed by atoms with van der Waals surface area (Å²) < 4.78 is 0. The minimum absolute atomic E-state index is 0.0799. The van der Waals surface area contributed by atoms with Crippen LogP contribution in [0.15, 0.2) is 48.8 Å². The number of hydrogen-bond acceptors (Lipinski definition) is 7. The van der Waals surface area contributed by atoms with E-state index in [1.165, 1.54) is 4.90 Å². The number of imide groups is 1. The van der Waals surface area contributed by atoms with E-state index in [4.69, 9.17) is 0 Å². The molecule has 2 aliphatic rings. The van der Waals surface area contributed by atoms with Crippen molar-refractivity contribution >= 4 is 17.8 Å². The molecule has 3 heterocycles. The molecule has 0 unspecified atom stereocenters. The van der Waals surface area contributed by atoms with Crippen LogP contribution in [0.1, 0.15) is 18.4 Å². The molecule has 0 aliphatic carbocycles. The van der Waals surface area contributed by atoms with Gasteiger partial charge < -0.3 is 4.90 Å². The molecule has 0 atom stereocenters. The Bertz CT molecular complexity index is 837. The van der Waals surface area contributed by atoms with Crippen LogP contribution >= 0.6 is 0 Å². The number of amides is 2. The lowest BCUT2D eigenvalue weighted by Crippen LogP contribution is -2.53. The molecule has 31 heavy (non-hydrogen) atoms. The standard InChI is InChI=1S/C23H30N6O2/c30-21-18-27(17-20-7-2-1-3-8-20)19-22(31)29(21)12-5-4-11-26-13-15-28(16-14-26)23-24-9-6-10-25-23/h1-3,6-10H,4-5,11-19H2. The fourth-order valence-corrected chi connectivity index (χ4v) is 4.18. The van der Waals surface area contributed by atoms with E-state index in [0.717, 1.165) is 57.1 Å². The zero-order valence-electron chi connectivity index (χ0n) is 17.9. The Morgan fingerprint density at radius 1 is 0.742 bits per heavy atom. The summed E-state index contributed by atoms with van der Waals surface area (Å²) in [6.45, 7) is 6.56. The molecule has 2 amide bonds. The average Bonchev–Trinajstić information content (AvgIpc) is 2.80. The molecule has 2 aliphatic heterocycles. The zero-order chi connectivity index (χ0) is 21.5. The molecular weight excluding hydrogens is 392 g/mol. The maximum Gasteiger partial charge on any atom is 0.243 e. The summed E-state index contributed by atoms with van der Waals surface area (Å²) in [6, 6.07) is 11.8. The van der Waals surface area contributed by atoms with Crippen molar-refractivity contribution in [2.75, 3.05) is 57.3 Å². The fraction of sp³-hybridized carbons (Fsp3) is 0.478. The summed E-state index contributed by atoms with van der Waals surface area (Å²) in [5.74, 6) is 0.637. The second-order valence-electron chi connectivity index (χ2n) is 8.15. The highest BCUT2D eigenvalue weighted by atomic mass is 16.2. The van der Waals surface area contributed by atoms with E-state index in [1.807, 2.05) is 41.3 Å².